The van der Waals surface area contributed by atoms with Crippen LogP contribution in [0, 0.1) is 29.9 Å². The first-order valence-corrected chi connectivity index (χ1v) is 20.9. The summed E-state index contributed by atoms with van der Waals surface area (Å²) in [4.78, 5) is 42.3. The number of amides is 1. The van der Waals surface area contributed by atoms with Crippen molar-refractivity contribution in [3.05, 3.63) is 47.7 Å². The fourth-order valence-electron chi connectivity index (χ4n) is 8.78. The molecule has 6 unspecified atom stereocenters. The molecule has 0 saturated carbocycles. The standard InChI is InChI=1S/C30H27F2N5O5.C8H16O.C7H12FN/c1-5-20-23(31)9-6-16-10-19(38)11-21(24(16)20)26-25(32)27-22(12-33-26)28(35-29(34-27)41-4)36-13-17-7-8-18(14-36)37(17)30(39)42-15(2)40-3;1-3-5-6-8(4-2)7-9;8-6-4-7-2-1-3-9(7)5-6/h1,6,9-12,15,17-18,38H,7-8,13-14H2,2-4H3;7-8H,3-6H2,1-2H3;6-7H,1-5H2. The van der Waals surface area contributed by atoms with Crippen molar-refractivity contribution in [1.29, 1.82) is 0 Å². The van der Waals surface area contributed by atoms with E-state index >= 15 is 4.39 Å². The average molecular weight is 833 g/mol. The van der Waals surface area contributed by atoms with Gasteiger partial charge in [0, 0.05) is 55.9 Å². The maximum absolute atomic E-state index is 16.4. The van der Waals surface area contributed by atoms with Gasteiger partial charge in [0.25, 0.3) is 0 Å². The quantitative estimate of drug-likeness (QED) is 0.0943. The van der Waals surface area contributed by atoms with Crippen molar-refractivity contribution in [3.8, 4) is 35.4 Å². The number of hydrogen-bond acceptors (Lipinski definition) is 11. The number of fused-ring (bicyclic) bond motifs is 5. The van der Waals surface area contributed by atoms with Gasteiger partial charge >= 0.3 is 12.1 Å². The van der Waals surface area contributed by atoms with E-state index in [0.29, 0.717) is 48.2 Å². The zero-order valence-corrected chi connectivity index (χ0v) is 35.0. The zero-order chi connectivity index (χ0) is 43.1. The second-order valence-electron chi connectivity index (χ2n) is 15.8. The van der Waals surface area contributed by atoms with E-state index in [4.69, 9.17) is 20.6 Å². The molecular formula is C45H55F3N6O6. The molecule has 4 aromatic rings. The Balaban J connectivity index is 0.000000275. The summed E-state index contributed by atoms with van der Waals surface area (Å²) in [5, 5.41) is 11.4. The SMILES string of the molecule is C#Cc1c(F)ccc2cc(O)cc(-c3ncc4c(N5CC6CCC(C5)N6C(=O)OC(C)OC)nc(OC)nc4c3F)c12.CCCCC(C=O)CC.FC1CC2CCCN2C1. The lowest BCUT2D eigenvalue weighted by Crippen LogP contribution is -2.56. The Kier molecular flexibility index (Phi) is 14.7. The number of aldehydes is 1. The summed E-state index contributed by atoms with van der Waals surface area (Å²) in [6.07, 6.45) is 15.8. The molecule has 60 heavy (non-hydrogen) atoms. The first-order valence-electron chi connectivity index (χ1n) is 20.9. The predicted octanol–water partition coefficient (Wildman–Crippen LogP) is 8.20. The fraction of sp³-hybridized carbons (Fsp3) is 0.533. The van der Waals surface area contributed by atoms with E-state index < -0.39 is 30.2 Å². The smallest absolute Gasteiger partial charge is 0.412 e. The number of carbonyl (C=O) groups excluding carboxylic acids is 2. The van der Waals surface area contributed by atoms with E-state index in [2.05, 4.69) is 39.6 Å². The fourth-order valence-corrected chi connectivity index (χ4v) is 8.78. The third-order valence-corrected chi connectivity index (χ3v) is 12.0. The summed E-state index contributed by atoms with van der Waals surface area (Å²) in [6, 6.07) is 5.61. The predicted molar refractivity (Wildman–Crippen MR) is 224 cm³/mol. The molecule has 0 aliphatic carbocycles. The highest BCUT2D eigenvalue weighted by atomic mass is 19.1. The molecule has 15 heteroatoms. The number of terminal acetylenes is 1. The maximum atomic E-state index is 16.4. The lowest BCUT2D eigenvalue weighted by Gasteiger charge is -2.41. The number of carbonyl (C=O) groups is 2. The maximum Gasteiger partial charge on any atom is 0.412 e. The number of phenolic OH excluding ortho intramolecular Hbond substituents is 1. The van der Waals surface area contributed by atoms with Crippen molar-refractivity contribution in [2.45, 2.75) is 109 Å². The van der Waals surface area contributed by atoms with Gasteiger partial charge in [0.15, 0.2) is 5.82 Å². The van der Waals surface area contributed by atoms with E-state index in [1.807, 2.05) is 4.90 Å². The molecule has 8 rings (SSSR count). The topological polar surface area (TPSA) is 130 Å². The van der Waals surface area contributed by atoms with Gasteiger partial charge in [0.1, 0.15) is 41.1 Å². The highest BCUT2D eigenvalue weighted by Gasteiger charge is 2.45. The van der Waals surface area contributed by atoms with Gasteiger partial charge in [-0.15, -0.1) is 6.42 Å². The van der Waals surface area contributed by atoms with E-state index in [9.17, 15) is 23.5 Å². The summed E-state index contributed by atoms with van der Waals surface area (Å²) in [5.41, 5.74) is -0.194. The first-order chi connectivity index (χ1) is 28.9. The normalized spacial score (nSPS) is 21.6. The number of aromatic nitrogens is 3. The van der Waals surface area contributed by atoms with Gasteiger partial charge in [-0.25, -0.2) is 18.0 Å². The van der Waals surface area contributed by atoms with Crippen LogP contribution in [0.1, 0.15) is 84.1 Å². The molecule has 1 amide bonds. The number of aromatic hydroxyl groups is 1. The Hall–Kier alpha value is -5.20. The van der Waals surface area contributed by atoms with Crippen LogP contribution in [0.5, 0.6) is 11.8 Å². The molecule has 0 spiro atoms. The number of hydrogen-bond donors (Lipinski definition) is 1. The molecule has 2 aromatic carbocycles. The minimum Gasteiger partial charge on any atom is -0.508 e. The second-order valence-corrected chi connectivity index (χ2v) is 15.8. The van der Waals surface area contributed by atoms with Crippen molar-refractivity contribution >= 4 is 39.9 Å². The Morgan fingerprint density at radius 3 is 2.47 bits per heavy atom. The zero-order valence-electron chi connectivity index (χ0n) is 35.0. The molecule has 4 fully saturated rings. The Labute approximate surface area is 349 Å². The van der Waals surface area contributed by atoms with Gasteiger partial charge in [0.05, 0.1) is 30.1 Å². The van der Waals surface area contributed by atoms with Crippen molar-refractivity contribution in [3.63, 3.8) is 0 Å². The molecule has 4 aliphatic heterocycles. The third kappa shape index (κ3) is 9.55. The number of phenols is 1. The molecule has 6 heterocycles. The lowest BCUT2D eigenvalue weighted by molar-refractivity contribution is -0.111. The number of alkyl halides is 1. The number of benzene rings is 2. The molecule has 0 radical (unpaired) electrons. The number of unbranched alkanes of at least 4 members (excludes halogenated alkanes) is 1. The Morgan fingerprint density at radius 2 is 1.83 bits per heavy atom. The van der Waals surface area contributed by atoms with E-state index in [0.717, 1.165) is 44.9 Å². The van der Waals surface area contributed by atoms with Gasteiger partial charge in [-0.2, -0.15) is 9.97 Å². The number of halogens is 3. The summed E-state index contributed by atoms with van der Waals surface area (Å²) < 4.78 is 59.4. The van der Waals surface area contributed by atoms with Gasteiger partial charge in [-0.1, -0.05) is 38.7 Å². The van der Waals surface area contributed by atoms with Crippen LogP contribution in [-0.2, 0) is 14.3 Å². The van der Waals surface area contributed by atoms with Crippen LogP contribution in [0.25, 0.3) is 32.9 Å². The molecule has 322 valence electrons. The van der Waals surface area contributed by atoms with Crippen LogP contribution in [0.3, 0.4) is 0 Å². The monoisotopic (exact) mass is 832 g/mol. The summed E-state index contributed by atoms with van der Waals surface area (Å²) in [7, 11) is 2.84. The second kappa shape index (κ2) is 19.9. The minimum atomic E-state index is -0.813. The van der Waals surface area contributed by atoms with Gasteiger partial charge in [-0.3, -0.25) is 14.8 Å². The Morgan fingerprint density at radius 1 is 1.08 bits per heavy atom. The van der Waals surface area contributed by atoms with Crippen LogP contribution in [-0.4, -0.2) is 113 Å². The van der Waals surface area contributed by atoms with E-state index in [1.54, 1.807) is 11.8 Å². The number of anilines is 1. The molecule has 2 aromatic heterocycles. The van der Waals surface area contributed by atoms with Gasteiger partial charge in [-0.05, 0) is 82.0 Å². The van der Waals surface area contributed by atoms with Crippen molar-refractivity contribution in [1.82, 2.24) is 24.8 Å². The van der Waals surface area contributed by atoms with Gasteiger partial charge < -0.3 is 29.0 Å². The molecule has 1 N–H and O–H groups in total. The number of piperazine rings is 1. The summed E-state index contributed by atoms with van der Waals surface area (Å²) in [5.74, 6) is 1.43. The number of methoxy groups -OCH3 is 2. The molecule has 6 atom stereocenters. The van der Waals surface area contributed by atoms with E-state index in [1.165, 1.54) is 70.4 Å². The average Bonchev–Trinajstić information content (AvgIpc) is 3.92. The highest BCUT2D eigenvalue weighted by Crippen LogP contribution is 2.40. The summed E-state index contributed by atoms with van der Waals surface area (Å²) >= 11 is 0. The van der Waals surface area contributed by atoms with Crippen LogP contribution in [0.2, 0.25) is 0 Å². The molecule has 4 aliphatic rings. The molecule has 4 saturated heterocycles. The number of pyridine rings is 1. The van der Waals surface area contributed by atoms with Crippen LogP contribution >= 0.6 is 0 Å². The van der Waals surface area contributed by atoms with Crippen LogP contribution in [0.4, 0.5) is 23.8 Å². The first kappa shape index (κ1) is 44.4. The molecular weight excluding hydrogens is 778 g/mol. The van der Waals surface area contributed by atoms with Crippen LogP contribution in [0.15, 0.2) is 30.5 Å². The largest absolute Gasteiger partial charge is 0.508 e. The van der Waals surface area contributed by atoms with E-state index in [-0.39, 0.29) is 51.6 Å². The number of nitrogens with zero attached hydrogens (tertiary/aromatic N) is 6. The van der Waals surface area contributed by atoms with Crippen molar-refractivity contribution in [2.24, 2.45) is 5.92 Å². The number of ether oxygens (including phenoxy) is 3. The number of rotatable bonds is 10. The lowest BCUT2D eigenvalue weighted by atomic mass is 9.96. The molecule has 2 bridgehead atoms. The highest BCUT2D eigenvalue weighted by molar-refractivity contribution is 6.03. The van der Waals surface area contributed by atoms with Crippen molar-refractivity contribution in [2.75, 3.05) is 45.3 Å². The Bertz CT molecular complexity index is 2180. The summed E-state index contributed by atoms with van der Waals surface area (Å²) in [6.45, 7) is 8.57. The van der Waals surface area contributed by atoms with Crippen LogP contribution < -0.4 is 9.64 Å². The van der Waals surface area contributed by atoms with Gasteiger partial charge in [0.2, 0.25) is 6.29 Å². The minimum absolute atomic E-state index is 0.0622. The van der Waals surface area contributed by atoms with Crippen molar-refractivity contribution < 1.29 is 42.1 Å². The molecule has 12 nitrogen and oxygen atoms in total. The third-order valence-electron chi connectivity index (χ3n) is 12.0.